The van der Waals surface area contributed by atoms with Crippen LogP contribution in [0, 0.1) is 6.92 Å². The third-order valence-electron chi connectivity index (χ3n) is 4.78. The van der Waals surface area contributed by atoms with Crippen molar-refractivity contribution in [3.8, 4) is 0 Å². The van der Waals surface area contributed by atoms with Crippen LogP contribution in [0.15, 0.2) is 47.4 Å². The van der Waals surface area contributed by atoms with Crippen molar-refractivity contribution in [2.24, 2.45) is 0 Å². The van der Waals surface area contributed by atoms with Gasteiger partial charge in [0, 0.05) is 38.1 Å². The van der Waals surface area contributed by atoms with Gasteiger partial charge in [-0.3, -0.25) is 0 Å². The summed E-state index contributed by atoms with van der Waals surface area (Å²) in [6.45, 7) is 5.76. The third kappa shape index (κ3) is 3.17. The molecule has 3 aromatic rings. The zero-order valence-corrected chi connectivity index (χ0v) is 16.5. The standard InChI is InChI=1S/C19H21N3O2S2/c1-14-6-3-4-7-15(14)21-10-12-22(13-11-21)19-20-18-16(25-19)8-5-9-17(18)26(2,23)24/h3-9H,10-13H2,1-2H3. The van der Waals surface area contributed by atoms with Crippen LogP contribution in [0.4, 0.5) is 10.8 Å². The summed E-state index contributed by atoms with van der Waals surface area (Å²) in [7, 11) is -3.28. The minimum Gasteiger partial charge on any atom is -0.368 e. The van der Waals surface area contributed by atoms with Crippen LogP contribution >= 0.6 is 11.3 Å². The number of hydrogen-bond donors (Lipinski definition) is 0. The molecule has 0 aliphatic carbocycles. The Kier molecular flexibility index (Phi) is 4.36. The Labute approximate surface area is 157 Å². The molecule has 0 atom stereocenters. The average Bonchev–Trinajstić information content (AvgIpc) is 3.05. The quantitative estimate of drug-likeness (QED) is 0.690. The van der Waals surface area contributed by atoms with Crippen LogP contribution < -0.4 is 9.80 Å². The Morgan fingerprint density at radius 3 is 2.35 bits per heavy atom. The van der Waals surface area contributed by atoms with Gasteiger partial charge in [0.15, 0.2) is 15.0 Å². The van der Waals surface area contributed by atoms with Crippen LogP contribution in [0.3, 0.4) is 0 Å². The number of hydrogen-bond acceptors (Lipinski definition) is 6. The molecule has 2 aromatic carbocycles. The highest BCUT2D eigenvalue weighted by Gasteiger charge is 2.22. The summed E-state index contributed by atoms with van der Waals surface area (Å²) in [5.41, 5.74) is 3.17. The number of para-hydroxylation sites is 2. The molecule has 26 heavy (non-hydrogen) atoms. The second-order valence-corrected chi connectivity index (χ2v) is 9.63. The van der Waals surface area contributed by atoms with Gasteiger partial charge in [-0.25, -0.2) is 13.4 Å². The maximum Gasteiger partial charge on any atom is 0.186 e. The van der Waals surface area contributed by atoms with Gasteiger partial charge in [-0.1, -0.05) is 35.6 Å². The summed E-state index contributed by atoms with van der Waals surface area (Å²) in [5.74, 6) is 0. The summed E-state index contributed by atoms with van der Waals surface area (Å²) in [6, 6.07) is 13.8. The number of aryl methyl sites for hydroxylation is 1. The van der Waals surface area contributed by atoms with Gasteiger partial charge in [0.1, 0.15) is 5.52 Å². The number of aromatic nitrogens is 1. The first-order valence-corrected chi connectivity index (χ1v) is 11.3. The SMILES string of the molecule is Cc1ccccc1N1CCN(c2nc3c(S(C)(=O)=O)cccc3s2)CC1. The van der Waals surface area contributed by atoms with Gasteiger partial charge in [0.05, 0.1) is 9.60 Å². The summed E-state index contributed by atoms with van der Waals surface area (Å²) < 4.78 is 24.9. The van der Waals surface area contributed by atoms with E-state index in [0.29, 0.717) is 10.4 Å². The minimum atomic E-state index is -3.28. The minimum absolute atomic E-state index is 0.316. The van der Waals surface area contributed by atoms with E-state index in [2.05, 4.69) is 46.0 Å². The first-order chi connectivity index (χ1) is 12.4. The monoisotopic (exact) mass is 387 g/mol. The van der Waals surface area contributed by atoms with Crippen LogP contribution in [0.5, 0.6) is 0 Å². The van der Waals surface area contributed by atoms with Crippen LogP contribution in [-0.4, -0.2) is 45.8 Å². The van der Waals surface area contributed by atoms with Crippen molar-refractivity contribution >= 4 is 42.2 Å². The van der Waals surface area contributed by atoms with E-state index in [9.17, 15) is 8.42 Å². The van der Waals surface area contributed by atoms with Crippen molar-refractivity contribution in [3.05, 3.63) is 48.0 Å². The average molecular weight is 388 g/mol. The van der Waals surface area contributed by atoms with Crippen LogP contribution in [0.25, 0.3) is 10.2 Å². The van der Waals surface area contributed by atoms with Gasteiger partial charge < -0.3 is 9.80 Å². The lowest BCUT2D eigenvalue weighted by molar-refractivity contribution is 0.602. The highest BCUT2D eigenvalue weighted by atomic mass is 32.2. The number of benzene rings is 2. The summed E-state index contributed by atoms with van der Waals surface area (Å²) in [4.78, 5) is 9.64. The van der Waals surface area contributed by atoms with Crippen LogP contribution in [-0.2, 0) is 9.84 Å². The fourth-order valence-electron chi connectivity index (χ4n) is 3.40. The summed E-state index contributed by atoms with van der Waals surface area (Å²) in [6.07, 6.45) is 1.24. The molecule has 4 rings (SSSR count). The Hall–Kier alpha value is -2.12. The lowest BCUT2D eigenvalue weighted by Crippen LogP contribution is -2.46. The molecule has 0 spiro atoms. The number of piperazine rings is 1. The molecular formula is C19H21N3O2S2. The largest absolute Gasteiger partial charge is 0.368 e. The number of nitrogens with zero attached hydrogens (tertiary/aromatic N) is 3. The zero-order chi connectivity index (χ0) is 18.3. The molecule has 1 aliphatic heterocycles. The Bertz CT molecular complexity index is 1050. The number of anilines is 2. The zero-order valence-electron chi connectivity index (χ0n) is 14.8. The molecule has 0 unspecified atom stereocenters. The van der Waals surface area contributed by atoms with E-state index >= 15 is 0 Å². The van der Waals surface area contributed by atoms with Gasteiger partial charge in [0.25, 0.3) is 0 Å². The molecular weight excluding hydrogens is 366 g/mol. The Balaban J connectivity index is 1.58. The van der Waals surface area contributed by atoms with Crippen molar-refractivity contribution in [1.82, 2.24) is 4.98 Å². The third-order valence-corrected chi connectivity index (χ3v) is 6.99. The lowest BCUT2D eigenvalue weighted by Gasteiger charge is -2.36. The van der Waals surface area contributed by atoms with Crippen molar-refractivity contribution in [2.45, 2.75) is 11.8 Å². The Morgan fingerprint density at radius 2 is 1.65 bits per heavy atom. The van der Waals surface area contributed by atoms with E-state index in [0.717, 1.165) is 36.0 Å². The first kappa shape index (κ1) is 17.3. The van der Waals surface area contributed by atoms with Crippen molar-refractivity contribution in [3.63, 3.8) is 0 Å². The molecule has 1 aromatic heterocycles. The second-order valence-electron chi connectivity index (χ2n) is 6.63. The van der Waals surface area contributed by atoms with E-state index in [-0.39, 0.29) is 0 Å². The smallest absolute Gasteiger partial charge is 0.186 e. The topological polar surface area (TPSA) is 53.5 Å². The molecule has 1 aliphatic rings. The molecule has 1 fully saturated rings. The van der Waals surface area contributed by atoms with Crippen molar-refractivity contribution in [2.75, 3.05) is 42.2 Å². The molecule has 0 radical (unpaired) electrons. The molecule has 5 nitrogen and oxygen atoms in total. The maximum atomic E-state index is 12.0. The predicted molar refractivity (Wildman–Crippen MR) is 108 cm³/mol. The Morgan fingerprint density at radius 1 is 0.962 bits per heavy atom. The molecule has 0 N–H and O–H groups in total. The van der Waals surface area contributed by atoms with E-state index < -0.39 is 9.84 Å². The van der Waals surface area contributed by atoms with Gasteiger partial charge in [-0.15, -0.1) is 0 Å². The fourth-order valence-corrected chi connectivity index (χ4v) is 5.34. The number of sulfone groups is 1. The van der Waals surface area contributed by atoms with Gasteiger partial charge in [-0.2, -0.15) is 0 Å². The highest BCUT2D eigenvalue weighted by Crippen LogP contribution is 2.33. The van der Waals surface area contributed by atoms with E-state index in [4.69, 9.17) is 0 Å². The molecule has 136 valence electrons. The molecule has 2 heterocycles. The highest BCUT2D eigenvalue weighted by molar-refractivity contribution is 7.91. The van der Waals surface area contributed by atoms with E-state index in [1.807, 2.05) is 6.07 Å². The van der Waals surface area contributed by atoms with Crippen LogP contribution in [0.1, 0.15) is 5.56 Å². The van der Waals surface area contributed by atoms with Crippen molar-refractivity contribution in [1.29, 1.82) is 0 Å². The van der Waals surface area contributed by atoms with E-state index in [1.54, 1.807) is 23.5 Å². The fraction of sp³-hybridized carbons (Fsp3) is 0.316. The summed E-state index contributed by atoms with van der Waals surface area (Å²) in [5, 5.41) is 0.903. The number of rotatable bonds is 3. The molecule has 7 heteroatoms. The molecule has 1 saturated heterocycles. The maximum absolute atomic E-state index is 12.0. The number of fused-ring (bicyclic) bond motifs is 1. The van der Waals surface area contributed by atoms with E-state index in [1.165, 1.54) is 17.5 Å². The predicted octanol–water partition coefficient (Wildman–Crippen LogP) is 3.33. The molecule has 0 saturated carbocycles. The second kappa shape index (κ2) is 6.55. The normalized spacial score (nSPS) is 15.6. The first-order valence-electron chi connectivity index (χ1n) is 8.58. The van der Waals surface area contributed by atoms with Crippen molar-refractivity contribution < 1.29 is 8.42 Å². The lowest BCUT2D eigenvalue weighted by atomic mass is 10.1. The van der Waals surface area contributed by atoms with Gasteiger partial charge in [-0.05, 0) is 30.7 Å². The van der Waals surface area contributed by atoms with Gasteiger partial charge in [0.2, 0.25) is 0 Å². The van der Waals surface area contributed by atoms with Gasteiger partial charge >= 0.3 is 0 Å². The molecule has 0 bridgehead atoms. The van der Waals surface area contributed by atoms with Crippen LogP contribution in [0.2, 0.25) is 0 Å². The molecule has 0 amide bonds. The number of thiazole rings is 1. The summed E-state index contributed by atoms with van der Waals surface area (Å²) >= 11 is 1.57.